The molecule has 6 aromatic carbocycles. The van der Waals surface area contributed by atoms with E-state index in [0.29, 0.717) is 11.5 Å². The van der Waals surface area contributed by atoms with E-state index in [0.717, 1.165) is 57.1 Å². The van der Waals surface area contributed by atoms with E-state index in [1.807, 2.05) is 121 Å². The zero-order valence-electron chi connectivity index (χ0n) is 30.4. The lowest BCUT2D eigenvalue weighted by atomic mass is 10.2. The van der Waals surface area contributed by atoms with Crippen LogP contribution in [0.5, 0.6) is 34.5 Å². The number of rotatable bonds is 15. The fourth-order valence-electron chi connectivity index (χ4n) is 5.72. The number of benzene rings is 6. The van der Waals surface area contributed by atoms with Crippen molar-refractivity contribution in [1.29, 1.82) is 0 Å². The average molecular weight is 725 g/mol. The van der Waals surface area contributed by atoms with Crippen LogP contribution < -0.4 is 38.2 Å². The maximum atomic E-state index is 12.7. The number of anilines is 6. The lowest BCUT2D eigenvalue weighted by Crippen LogP contribution is -2.14. The fraction of sp³-hybridized carbons (Fsp3) is 0.136. The number of esters is 2. The number of nitrogens with zero attached hydrogens (tertiary/aromatic N) is 2. The number of hydrogen-bond acceptors (Lipinski definition) is 10. The third-order valence-corrected chi connectivity index (χ3v) is 8.51. The lowest BCUT2D eigenvalue weighted by molar-refractivity contribution is -0.140. The zero-order valence-corrected chi connectivity index (χ0v) is 30.4. The van der Waals surface area contributed by atoms with Crippen molar-refractivity contribution in [1.82, 2.24) is 0 Å². The third-order valence-electron chi connectivity index (χ3n) is 8.51. The van der Waals surface area contributed by atoms with Gasteiger partial charge in [-0.2, -0.15) is 0 Å². The molecule has 0 fully saturated rings. The molecule has 0 aliphatic rings. The number of carbonyl (C=O) groups is 2. The second-order valence-corrected chi connectivity index (χ2v) is 11.9. The summed E-state index contributed by atoms with van der Waals surface area (Å²) in [4.78, 5) is 29.6. The molecule has 0 aromatic heterocycles. The van der Waals surface area contributed by atoms with Crippen molar-refractivity contribution in [3.8, 4) is 34.5 Å². The van der Waals surface area contributed by atoms with Crippen molar-refractivity contribution in [2.75, 3.05) is 38.2 Å². The van der Waals surface area contributed by atoms with Crippen LogP contribution in [0.1, 0.15) is 12.8 Å². The molecule has 0 saturated heterocycles. The molecule has 6 aromatic rings. The molecule has 0 N–H and O–H groups in total. The molecular formula is C44H40N2O8. The highest BCUT2D eigenvalue weighted by molar-refractivity contribution is 5.82. The van der Waals surface area contributed by atoms with Gasteiger partial charge < -0.3 is 38.2 Å². The van der Waals surface area contributed by atoms with Crippen LogP contribution in [0.2, 0.25) is 0 Å². The van der Waals surface area contributed by atoms with Gasteiger partial charge in [0.25, 0.3) is 0 Å². The second-order valence-electron chi connectivity index (χ2n) is 11.9. The molecule has 0 aliphatic heterocycles. The first-order valence-electron chi connectivity index (χ1n) is 17.2. The van der Waals surface area contributed by atoms with Gasteiger partial charge in [-0.1, -0.05) is 0 Å². The monoisotopic (exact) mass is 724 g/mol. The van der Waals surface area contributed by atoms with Gasteiger partial charge in [0.1, 0.15) is 34.5 Å². The summed E-state index contributed by atoms with van der Waals surface area (Å²) in [6.07, 6.45) is -0.295. The minimum Gasteiger partial charge on any atom is -0.497 e. The molecule has 274 valence electrons. The fourth-order valence-corrected chi connectivity index (χ4v) is 5.72. The van der Waals surface area contributed by atoms with Crippen LogP contribution >= 0.6 is 0 Å². The van der Waals surface area contributed by atoms with Gasteiger partial charge in [-0.25, -0.2) is 0 Å². The predicted molar refractivity (Wildman–Crippen MR) is 209 cm³/mol. The van der Waals surface area contributed by atoms with Crippen molar-refractivity contribution in [2.45, 2.75) is 12.8 Å². The van der Waals surface area contributed by atoms with Crippen LogP contribution in [0.3, 0.4) is 0 Å². The van der Waals surface area contributed by atoms with Crippen LogP contribution in [-0.2, 0) is 9.59 Å². The summed E-state index contributed by atoms with van der Waals surface area (Å²) in [5.74, 6) is 2.60. The molecule has 0 aliphatic carbocycles. The van der Waals surface area contributed by atoms with Crippen molar-refractivity contribution >= 4 is 46.1 Å². The average Bonchev–Trinajstić information content (AvgIpc) is 3.22. The van der Waals surface area contributed by atoms with E-state index in [1.54, 1.807) is 52.7 Å². The SMILES string of the molecule is COc1ccc(N(c2ccc(OC)cc2)c2ccc(OC(=O)CCC(=O)Oc3ccc(N(c4ccc(OC)cc4)c4ccc(OC)cc4)cc3)cc2)cc1. The molecule has 54 heavy (non-hydrogen) atoms. The summed E-state index contributed by atoms with van der Waals surface area (Å²) in [7, 11) is 6.51. The highest BCUT2D eigenvalue weighted by atomic mass is 16.5. The molecule has 6 rings (SSSR count). The van der Waals surface area contributed by atoms with Gasteiger partial charge in [-0.15, -0.1) is 0 Å². The molecule has 0 unspecified atom stereocenters. The number of carbonyl (C=O) groups excluding carboxylic acids is 2. The standard InChI is InChI=1S/C44H40N2O8/c1-49-37-17-5-31(6-18-37)45(32-7-19-38(50-2)20-8-32)35-13-25-41(26-14-35)53-43(47)29-30-44(48)54-42-27-15-36(16-28-42)46(33-9-21-39(51-3)22-10-33)34-11-23-40(52-4)24-12-34/h5-28H,29-30H2,1-4H3. The number of hydrogen-bond donors (Lipinski definition) is 0. The van der Waals surface area contributed by atoms with E-state index < -0.39 is 11.9 Å². The molecule has 0 bridgehead atoms. The van der Waals surface area contributed by atoms with Gasteiger partial charge in [-0.05, 0) is 146 Å². The van der Waals surface area contributed by atoms with Gasteiger partial charge >= 0.3 is 11.9 Å². The molecule has 0 spiro atoms. The smallest absolute Gasteiger partial charge is 0.311 e. The van der Waals surface area contributed by atoms with Gasteiger partial charge in [-0.3, -0.25) is 9.59 Å². The Labute approximate surface area is 314 Å². The molecular weight excluding hydrogens is 684 g/mol. The van der Waals surface area contributed by atoms with E-state index in [4.69, 9.17) is 28.4 Å². The summed E-state index contributed by atoms with van der Waals surface area (Å²) >= 11 is 0. The van der Waals surface area contributed by atoms with Crippen molar-refractivity contribution in [2.24, 2.45) is 0 Å². The minimum absolute atomic E-state index is 0.148. The molecule has 0 heterocycles. The molecule has 0 saturated carbocycles. The van der Waals surface area contributed by atoms with Crippen LogP contribution in [0, 0.1) is 0 Å². The highest BCUT2D eigenvalue weighted by Gasteiger charge is 2.17. The van der Waals surface area contributed by atoms with E-state index >= 15 is 0 Å². The Hall–Kier alpha value is -6.94. The maximum Gasteiger partial charge on any atom is 0.311 e. The Bertz CT molecular complexity index is 1870. The quantitative estimate of drug-likeness (QED) is 0.0752. The van der Waals surface area contributed by atoms with Gasteiger partial charge in [0.2, 0.25) is 0 Å². The van der Waals surface area contributed by atoms with E-state index in [1.165, 1.54) is 0 Å². The summed E-state index contributed by atoms with van der Waals surface area (Å²) in [6, 6.07) is 45.1. The lowest BCUT2D eigenvalue weighted by Gasteiger charge is -2.26. The molecule has 10 nitrogen and oxygen atoms in total. The minimum atomic E-state index is -0.549. The Balaban J connectivity index is 1.07. The maximum absolute atomic E-state index is 12.7. The van der Waals surface area contributed by atoms with Crippen LogP contribution in [-0.4, -0.2) is 40.4 Å². The summed E-state index contributed by atoms with van der Waals surface area (Å²) in [5, 5.41) is 0. The largest absolute Gasteiger partial charge is 0.497 e. The second kappa shape index (κ2) is 17.5. The Morgan fingerprint density at radius 2 is 0.519 bits per heavy atom. The van der Waals surface area contributed by atoms with Crippen LogP contribution in [0.25, 0.3) is 0 Å². The summed E-state index contributed by atoms with van der Waals surface area (Å²) < 4.78 is 32.5. The van der Waals surface area contributed by atoms with Crippen LogP contribution in [0.15, 0.2) is 146 Å². The van der Waals surface area contributed by atoms with Gasteiger partial charge in [0, 0.05) is 34.1 Å². The van der Waals surface area contributed by atoms with Crippen LogP contribution in [0.4, 0.5) is 34.1 Å². The molecule has 10 heteroatoms. The van der Waals surface area contributed by atoms with Crippen molar-refractivity contribution < 1.29 is 38.0 Å². The Morgan fingerprint density at radius 3 is 0.704 bits per heavy atom. The molecule has 0 radical (unpaired) electrons. The Morgan fingerprint density at radius 1 is 0.333 bits per heavy atom. The molecule has 0 amide bonds. The van der Waals surface area contributed by atoms with E-state index in [9.17, 15) is 9.59 Å². The van der Waals surface area contributed by atoms with Gasteiger partial charge in [0.15, 0.2) is 0 Å². The highest BCUT2D eigenvalue weighted by Crippen LogP contribution is 2.38. The first kappa shape index (κ1) is 36.8. The summed E-state index contributed by atoms with van der Waals surface area (Å²) in [6.45, 7) is 0. The number of ether oxygens (including phenoxy) is 6. The molecule has 0 atom stereocenters. The summed E-state index contributed by atoms with van der Waals surface area (Å²) in [5.41, 5.74) is 5.32. The Kier molecular flexibility index (Phi) is 12.0. The number of methoxy groups -OCH3 is 4. The third kappa shape index (κ3) is 9.10. The topological polar surface area (TPSA) is 96.0 Å². The predicted octanol–water partition coefficient (Wildman–Crippen LogP) is 9.95. The van der Waals surface area contributed by atoms with Gasteiger partial charge in [0.05, 0.1) is 41.3 Å². The van der Waals surface area contributed by atoms with E-state index in [2.05, 4.69) is 9.80 Å². The normalized spacial score (nSPS) is 10.5. The van der Waals surface area contributed by atoms with E-state index in [-0.39, 0.29) is 12.8 Å². The first-order valence-corrected chi connectivity index (χ1v) is 17.2. The van der Waals surface area contributed by atoms with Crippen molar-refractivity contribution in [3.63, 3.8) is 0 Å². The first-order chi connectivity index (χ1) is 26.4. The zero-order chi connectivity index (χ0) is 37.9. The van der Waals surface area contributed by atoms with Crippen molar-refractivity contribution in [3.05, 3.63) is 146 Å².